The SMILES string of the molecule is Cc1cc(C(C)(O)CNC(=O)CN2C(=O)NC3(CCCCC3C)C2=O)c(C)o1. The van der Waals surface area contributed by atoms with Crippen molar-refractivity contribution < 1.29 is 23.9 Å². The smallest absolute Gasteiger partial charge is 0.325 e. The molecule has 4 amide bonds. The molecule has 1 spiro atoms. The Hall–Kier alpha value is -2.35. The molecule has 0 aromatic carbocycles. The molecule has 0 radical (unpaired) electrons. The number of hydrogen-bond donors (Lipinski definition) is 3. The molecular weight excluding hydrogens is 362 g/mol. The van der Waals surface area contributed by atoms with E-state index in [0.717, 1.165) is 24.2 Å². The van der Waals surface area contributed by atoms with Gasteiger partial charge in [0.05, 0.1) is 6.54 Å². The average Bonchev–Trinajstić information content (AvgIpc) is 3.08. The van der Waals surface area contributed by atoms with Crippen LogP contribution in [-0.4, -0.2) is 46.5 Å². The fraction of sp³-hybridized carbons (Fsp3) is 0.650. The molecular formula is C20H29N3O5. The summed E-state index contributed by atoms with van der Waals surface area (Å²) in [6.45, 7) is 6.65. The van der Waals surface area contributed by atoms with Gasteiger partial charge in [-0.2, -0.15) is 0 Å². The van der Waals surface area contributed by atoms with Gasteiger partial charge in [0.15, 0.2) is 0 Å². The highest BCUT2D eigenvalue weighted by molar-refractivity contribution is 6.09. The zero-order valence-corrected chi connectivity index (χ0v) is 16.9. The number of imide groups is 1. The summed E-state index contributed by atoms with van der Waals surface area (Å²) < 4.78 is 5.44. The van der Waals surface area contributed by atoms with Gasteiger partial charge in [-0.1, -0.05) is 19.8 Å². The zero-order chi connectivity index (χ0) is 20.7. The molecule has 2 heterocycles. The first-order chi connectivity index (χ1) is 13.1. The molecule has 8 heteroatoms. The van der Waals surface area contributed by atoms with E-state index in [0.29, 0.717) is 23.5 Å². The minimum Gasteiger partial charge on any atom is -0.466 e. The third kappa shape index (κ3) is 3.53. The van der Waals surface area contributed by atoms with E-state index in [1.54, 1.807) is 26.8 Å². The van der Waals surface area contributed by atoms with Crippen LogP contribution in [0.2, 0.25) is 0 Å². The minimum atomic E-state index is -1.33. The standard InChI is InChI=1S/C20H29N3O5/c1-12-7-5-6-8-20(12)17(25)23(18(26)22-20)10-16(24)21-11-19(4,27)15-9-13(2)28-14(15)3/h9,12,27H,5-8,10-11H2,1-4H3,(H,21,24)(H,22,26). The summed E-state index contributed by atoms with van der Waals surface area (Å²) in [6.07, 6.45) is 3.39. The summed E-state index contributed by atoms with van der Waals surface area (Å²) in [4.78, 5) is 38.6. The van der Waals surface area contributed by atoms with E-state index >= 15 is 0 Å². The number of rotatable bonds is 5. The van der Waals surface area contributed by atoms with Crippen LogP contribution >= 0.6 is 0 Å². The Labute approximate surface area is 164 Å². The van der Waals surface area contributed by atoms with Gasteiger partial charge < -0.3 is 20.2 Å². The van der Waals surface area contributed by atoms with Gasteiger partial charge in [0, 0.05) is 5.56 Å². The highest BCUT2D eigenvalue weighted by atomic mass is 16.3. The van der Waals surface area contributed by atoms with Crippen molar-refractivity contribution in [2.45, 2.75) is 64.5 Å². The van der Waals surface area contributed by atoms with Gasteiger partial charge in [-0.05, 0) is 45.6 Å². The Kier molecular flexibility index (Phi) is 5.27. The molecule has 1 saturated carbocycles. The lowest BCUT2D eigenvalue weighted by molar-refractivity contribution is -0.137. The molecule has 1 aromatic heterocycles. The van der Waals surface area contributed by atoms with Crippen LogP contribution in [0.15, 0.2) is 10.5 Å². The molecule has 8 nitrogen and oxygen atoms in total. The lowest BCUT2D eigenvalue weighted by Crippen LogP contribution is -2.54. The van der Waals surface area contributed by atoms with Gasteiger partial charge in [-0.3, -0.25) is 14.5 Å². The number of furan rings is 1. The van der Waals surface area contributed by atoms with E-state index in [1.807, 2.05) is 6.92 Å². The summed E-state index contributed by atoms with van der Waals surface area (Å²) in [5.74, 6) is 0.471. The van der Waals surface area contributed by atoms with E-state index < -0.39 is 23.1 Å². The molecule has 3 N–H and O–H groups in total. The zero-order valence-electron chi connectivity index (χ0n) is 16.9. The normalized spacial score (nSPS) is 27.0. The Morgan fingerprint density at radius 1 is 1.43 bits per heavy atom. The Balaban J connectivity index is 1.62. The number of nitrogens with one attached hydrogen (secondary N) is 2. The summed E-state index contributed by atoms with van der Waals surface area (Å²) >= 11 is 0. The van der Waals surface area contributed by atoms with Gasteiger partial charge in [0.1, 0.15) is 29.2 Å². The van der Waals surface area contributed by atoms with Crippen molar-refractivity contribution in [2.75, 3.05) is 13.1 Å². The monoisotopic (exact) mass is 391 g/mol. The van der Waals surface area contributed by atoms with Crippen molar-refractivity contribution in [3.05, 3.63) is 23.2 Å². The predicted octanol–water partition coefficient (Wildman–Crippen LogP) is 1.72. The fourth-order valence-corrected chi connectivity index (χ4v) is 4.37. The highest BCUT2D eigenvalue weighted by Crippen LogP contribution is 2.38. The van der Waals surface area contributed by atoms with Gasteiger partial charge in [-0.25, -0.2) is 4.79 Å². The van der Waals surface area contributed by atoms with Crippen LogP contribution in [0.1, 0.15) is 56.6 Å². The van der Waals surface area contributed by atoms with Crippen LogP contribution in [-0.2, 0) is 15.2 Å². The molecule has 28 heavy (non-hydrogen) atoms. The number of carbonyl (C=O) groups excluding carboxylic acids is 3. The molecule has 3 rings (SSSR count). The maximum atomic E-state index is 12.9. The third-order valence-electron chi connectivity index (χ3n) is 6.05. The predicted molar refractivity (Wildman–Crippen MR) is 101 cm³/mol. The lowest BCUT2D eigenvalue weighted by Gasteiger charge is -2.36. The second-order valence-electron chi connectivity index (χ2n) is 8.32. The first kappa shape index (κ1) is 20.4. The average molecular weight is 391 g/mol. The molecule has 2 fully saturated rings. The Bertz CT molecular complexity index is 800. The molecule has 2 aliphatic rings. The number of urea groups is 1. The van der Waals surface area contributed by atoms with Gasteiger partial charge >= 0.3 is 6.03 Å². The highest BCUT2D eigenvalue weighted by Gasteiger charge is 2.55. The maximum absolute atomic E-state index is 12.9. The number of aryl methyl sites for hydroxylation is 2. The van der Waals surface area contributed by atoms with Crippen LogP contribution in [0, 0.1) is 19.8 Å². The topological polar surface area (TPSA) is 112 Å². The number of aliphatic hydroxyl groups is 1. The largest absolute Gasteiger partial charge is 0.466 e. The molecule has 1 aliphatic carbocycles. The first-order valence-corrected chi connectivity index (χ1v) is 9.77. The summed E-state index contributed by atoms with van der Waals surface area (Å²) in [5.41, 5.74) is -1.62. The van der Waals surface area contributed by atoms with Gasteiger partial charge in [0.2, 0.25) is 5.91 Å². The van der Waals surface area contributed by atoms with Crippen LogP contribution in [0.25, 0.3) is 0 Å². The third-order valence-corrected chi connectivity index (χ3v) is 6.05. The van der Waals surface area contributed by atoms with Crippen molar-refractivity contribution in [3.8, 4) is 0 Å². The number of hydrogen-bond acceptors (Lipinski definition) is 5. The number of nitrogens with zero attached hydrogens (tertiary/aromatic N) is 1. The quantitative estimate of drug-likeness (QED) is 0.662. The van der Waals surface area contributed by atoms with Crippen LogP contribution < -0.4 is 10.6 Å². The molecule has 0 bridgehead atoms. The van der Waals surface area contributed by atoms with Gasteiger partial charge in [-0.15, -0.1) is 0 Å². The first-order valence-electron chi connectivity index (χ1n) is 9.77. The van der Waals surface area contributed by atoms with E-state index in [-0.39, 0.29) is 24.9 Å². The Morgan fingerprint density at radius 3 is 2.75 bits per heavy atom. The van der Waals surface area contributed by atoms with Crippen molar-refractivity contribution in [1.29, 1.82) is 0 Å². The van der Waals surface area contributed by atoms with E-state index in [2.05, 4.69) is 10.6 Å². The molecule has 1 saturated heterocycles. The number of carbonyl (C=O) groups is 3. The minimum absolute atomic E-state index is 0.0406. The lowest BCUT2D eigenvalue weighted by atomic mass is 9.73. The molecule has 154 valence electrons. The van der Waals surface area contributed by atoms with Crippen molar-refractivity contribution in [3.63, 3.8) is 0 Å². The summed E-state index contributed by atoms with van der Waals surface area (Å²) in [7, 11) is 0. The van der Waals surface area contributed by atoms with Gasteiger partial charge in [0.25, 0.3) is 5.91 Å². The second kappa shape index (κ2) is 7.24. The Morgan fingerprint density at radius 2 is 2.14 bits per heavy atom. The maximum Gasteiger partial charge on any atom is 0.325 e. The van der Waals surface area contributed by atoms with Crippen LogP contribution in [0.5, 0.6) is 0 Å². The van der Waals surface area contributed by atoms with Crippen LogP contribution in [0.3, 0.4) is 0 Å². The number of amides is 4. The molecule has 3 atom stereocenters. The molecule has 1 aromatic rings. The van der Waals surface area contributed by atoms with Crippen LogP contribution in [0.4, 0.5) is 4.79 Å². The van der Waals surface area contributed by atoms with E-state index in [4.69, 9.17) is 4.42 Å². The summed E-state index contributed by atoms with van der Waals surface area (Å²) in [5, 5.41) is 16.1. The molecule has 1 aliphatic heterocycles. The van der Waals surface area contributed by atoms with E-state index in [9.17, 15) is 19.5 Å². The van der Waals surface area contributed by atoms with E-state index in [1.165, 1.54) is 0 Å². The van der Waals surface area contributed by atoms with Crippen molar-refractivity contribution in [2.24, 2.45) is 5.92 Å². The van der Waals surface area contributed by atoms with Crippen molar-refractivity contribution >= 4 is 17.8 Å². The summed E-state index contributed by atoms with van der Waals surface area (Å²) in [6, 6.07) is 1.20. The second-order valence-corrected chi connectivity index (χ2v) is 8.32. The van der Waals surface area contributed by atoms with Crippen molar-refractivity contribution in [1.82, 2.24) is 15.5 Å². The fourth-order valence-electron chi connectivity index (χ4n) is 4.37. The molecule has 3 unspecified atom stereocenters.